The normalized spacial score (nSPS) is 12.5. The van der Waals surface area contributed by atoms with E-state index < -0.39 is 0 Å². The number of allylic oxidation sites excluding steroid dienone is 5. The van der Waals surface area contributed by atoms with E-state index in [0.717, 1.165) is 5.57 Å². The fourth-order valence-corrected chi connectivity index (χ4v) is 3.49. The second-order valence-electron chi connectivity index (χ2n) is 7.47. The first-order valence-corrected chi connectivity index (χ1v) is 10.9. The average molecular weight is 411 g/mol. The van der Waals surface area contributed by atoms with Crippen molar-refractivity contribution in [3.8, 4) is 0 Å². The Hall–Kier alpha value is -4.16. The van der Waals surface area contributed by atoms with Gasteiger partial charge in [0.05, 0.1) is 0 Å². The molecular weight excluding hydrogens is 384 g/mol. The van der Waals surface area contributed by atoms with Crippen molar-refractivity contribution >= 4 is 23.8 Å². The summed E-state index contributed by atoms with van der Waals surface area (Å²) in [6.07, 6.45) is 13.1. The zero-order chi connectivity index (χ0) is 21.8. The molecule has 0 atom stereocenters. The molecule has 0 aliphatic rings. The van der Waals surface area contributed by atoms with Crippen LogP contribution in [0.1, 0.15) is 22.3 Å². The number of hydrogen-bond acceptors (Lipinski definition) is 0. The highest BCUT2D eigenvalue weighted by molar-refractivity contribution is 5.89. The molecule has 154 valence electrons. The maximum Gasteiger partial charge on any atom is -0.0111 e. The van der Waals surface area contributed by atoms with Crippen molar-refractivity contribution < 1.29 is 0 Å². The van der Waals surface area contributed by atoms with Crippen LogP contribution in [-0.2, 0) is 0 Å². The predicted octanol–water partition coefficient (Wildman–Crippen LogP) is 8.58. The first kappa shape index (κ1) is 21.1. The van der Waals surface area contributed by atoms with E-state index in [1.54, 1.807) is 0 Å². The smallest absolute Gasteiger partial charge is 0.0111 e. The van der Waals surface area contributed by atoms with Gasteiger partial charge in [0.1, 0.15) is 0 Å². The maximum atomic E-state index is 2.24. The lowest BCUT2D eigenvalue weighted by Gasteiger charge is -2.10. The van der Waals surface area contributed by atoms with Gasteiger partial charge in [-0.1, -0.05) is 152 Å². The summed E-state index contributed by atoms with van der Waals surface area (Å²) in [6.45, 7) is 0. The highest BCUT2D eigenvalue weighted by Crippen LogP contribution is 2.27. The molecule has 0 N–H and O–H groups in total. The van der Waals surface area contributed by atoms with Crippen molar-refractivity contribution in [1.82, 2.24) is 0 Å². The molecule has 0 saturated heterocycles. The van der Waals surface area contributed by atoms with Crippen molar-refractivity contribution in [2.75, 3.05) is 0 Å². The Morgan fingerprint density at radius 3 is 1.50 bits per heavy atom. The van der Waals surface area contributed by atoms with Crippen LogP contribution in [0.2, 0.25) is 0 Å². The molecule has 0 saturated carbocycles. The SMILES string of the molecule is C(=C(\C=C\c1ccccc1)C(=C/C=C/c1ccccc1)/c1ccccc1)/c1ccccc1. The summed E-state index contributed by atoms with van der Waals surface area (Å²) >= 11 is 0. The van der Waals surface area contributed by atoms with Crippen LogP contribution in [0.25, 0.3) is 23.8 Å². The van der Waals surface area contributed by atoms with E-state index in [-0.39, 0.29) is 0 Å². The Morgan fingerprint density at radius 1 is 0.469 bits per heavy atom. The monoisotopic (exact) mass is 410 g/mol. The number of hydrogen-bond donors (Lipinski definition) is 0. The van der Waals surface area contributed by atoms with Crippen LogP contribution in [0.4, 0.5) is 0 Å². The molecule has 0 aromatic heterocycles. The molecule has 4 aromatic rings. The van der Waals surface area contributed by atoms with E-state index in [1.807, 2.05) is 18.2 Å². The summed E-state index contributed by atoms with van der Waals surface area (Å²) in [4.78, 5) is 0. The molecule has 0 amide bonds. The van der Waals surface area contributed by atoms with Gasteiger partial charge < -0.3 is 0 Å². The van der Waals surface area contributed by atoms with Gasteiger partial charge in [0, 0.05) is 0 Å². The Bertz CT molecular complexity index is 1210. The number of benzene rings is 4. The van der Waals surface area contributed by atoms with Crippen LogP contribution in [-0.4, -0.2) is 0 Å². The van der Waals surface area contributed by atoms with Crippen LogP contribution in [0, 0.1) is 0 Å². The molecule has 0 fully saturated rings. The Balaban J connectivity index is 1.78. The summed E-state index contributed by atoms with van der Waals surface area (Å²) in [5, 5.41) is 0. The van der Waals surface area contributed by atoms with Crippen molar-refractivity contribution in [3.63, 3.8) is 0 Å². The van der Waals surface area contributed by atoms with Crippen LogP contribution in [0.5, 0.6) is 0 Å². The average Bonchev–Trinajstić information content (AvgIpc) is 2.87. The third kappa shape index (κ3) is 6.17. The second-order valence-corrected chi connectivity index (χ2v) is 7.47. The molecule has 0 nitrogen and oxygen atoms in total. The van der Waals surface area contributed by atoms with Crippen molar-refractivity contribution in [3.05, 3.63) is 167 Å². The molecule has 0 heterocycles. The number of rotatable bonds is 7. The van der Waals surface area contributed by atoms with Gasteiger partial charge in [-0.25, -0.2) is 0 Å². The van der Waals surface area contributed by atoms with Crippen molar-refractivity contribution in [1.29, 1.82) is 0 Å². The standard InChI is InChI=1S/C32H26/c1-5-14-27(15-6-1)20-13-23-32(30-21-11-4-12-22-30)31(26-29-18-9-3-10-19-29)25-24-28-16-7-2-8-17-28/h1-26H/b20-13+,25-24+,31-26-,32-23+. The quantitative estimate of drug-likeness (QED) is 0.268. The van der Waals surface area contributed by atoms with Crippen molar-refractivity contribution in [2.24, 2.45) is 0 Å². The minimum Gasteiger partial charge on any atom is -0.0622 e. The van der Waals surface area contributed by atoms with E-state index in [0.29, 0.717) is 0 Å². The summed E-state index contributed by atoms with van der Waals surface area (Å²) in [7, 11) is 0. The van der Waals surface area contributed by atoms with Crippen LogP contribution in [0.3, 0.4) is 0 Å². The highest BCUT2D eigenvalue weighted by Gasteiger charge is 2.06. The Kier molecular flexibility index (Phi) is 7.44. The van der Waals surface area contributed by atoms with Crippen LogP contribution < -0.4 is 0 Å². The topological polar surface area (TPSA) is 0 Å². The van der Waals surface area contributed by atoms with Gasteiger partial charge >= 0.3 is 0 Å². The van der Waals surface area contributed by atoms with Gasteiger partial charge in [-0.15, -0.1) is 0 Å². The van der Waals surface area contributed by atoms with E-state index in [4.69, 9.17) is 0 Å². The summed E-state index contributed by atoms with van der Waals surface area (Å²) in [5.74, 6) is 0. The maximum absolute atomic E-state index is 2.24. The van der Waals surface area contributed by atoms with Crippen molar-refractivity contribution in [2.45, 2.75) is 0 Å². The van der Waals surface area contributed by atoms with Crippen LogP contribution >= 0.6 is 0 Å². The fourth-order valence-electron chi connectivity index (χ4n) is 3.49. The van der Waals surface area contributed by atoms with E-state index in [1.165, 1.54) is 27.8 Å². The first-order valence-electron chi connectivity index (χ1n) is 10.9. The van der Waals surface area contributed by atoms with E-state index >= 15 is 0 Å². The minimum absolute atomic E-state index is 1.16. The summed E-state index contributed by atoms with van der Waals surface area (Å²) in [6, 6.07) is 41.8. The van der Waals surface area contributed by atoms with Gasteiger partial charge in [0.2, 0.25) is 0 Å². The second kappa shape index (κ2) is 11.3. The molecule has 0 unspecified atom stereocenters. The van der Waals surface area contributed by atoms with Gasteiger partial charge in [0.25, 0.3) is 0 Å². The first-order chi connectivity index (χ1) is 15.9. The molecule has 0 heteroatoms. The third-order valence-corrected chi connectivity index (χ3v) is 5.12. The van der Waals surface area contributed by atoms with E-state index in [2.05, 4.69) is 140 Å². The zero-order valence-corrected chi connectivity index (χ0v) is 18.0. The molecule has 0 spiro atoms. The third-order valence-electron chi connectivity index (χ3n) is 5.12. The lowest BCUT2D eigenvalue weighted by atomic mass is 9.94. The molecule has 0 aliphatic carbocycles. The van der Waals surface area contributed by atoms with Gasteiger partial charge in [0.15, 0.2) is 0 Å². The molecular formula is C32H26. The van der Waals surface area contributed by atoms with Gasteiger partial charge in [-0.05, 0) is 39.5 Å². The largest absolute Gasteiger partial charge is 0.0622 e. The molecule has 32 heavy (non-hydrogen) atoms. The Labute approximate surface area is 191 Å². The summed E-state index contributed by atoms with van der Waals surface area (Å²) in [5.41, 5.74) is 7.06. The highest BCUT2D eigenvalue weighted by atomic mass is 14.1. The predicted molar refractivity (Wildman–Crippen MR) is 140 cm³/mol. The molecule has 0 aliphatic heterocycles. The Morgan fingerprint density at radius 2 is 0.938 bits per heavy atom. The van der Waals surface area contributed by atoms with Gasteiger partial charge in [-0.3, -0.25) is 0 Å². The van der Waals surface area contributed by atoms with E-state index in [9.17, 15) is 0 Å². The molecule has 4 aromatic carbocycles. The summed E-state index contributed by atoms with van der Waals surface area (Å²) < 4.78 is 0. The van der Waals surface area contributed by atoms with Gasteiger partial charge in [-0.2, -0.15) is 0 Å². The lowest BCUT2D eigenvalue weighted by molar-refractivity contribution is 1.57. The minimum atomic E-state index is 1.16. The lowest BCUT2D eigenvalue weighted by Crippen LogP contribution is -1.89. The van der Waals surface area contributed by atoms with Crippen LogP contribution in [0.15, 0.2) is 145 Å². The zero-order valence-electron chi connectivity index (χ0n) is 18.0. The molecule has 4 rings (SSSR count). The molecule has 0 bridgehead atoms. The molecule has 0 radical (unpaired) electrons. The fraction of sp³-hybridized carbons (Fsp3) is 0.